The number of H-pyrrole nitrogens is 1. The summed E-state index contributed by atoms with van der Waals surface area (Å²) in [6, 6.07) is 12.5. The number of benzene rings is 1. The van der Waals surface area contributed by atoms with Crippen LogP contribution in [0.25, 0.3) is 11.4 Å². The van der Waals surface area contributed by atoms with E-state index in [0.29, 0.717) is 11.5 Å². The number of aromatic nitrogens is 3. The molecule has 3 aromatic rings. The molecule has 144 valence electrons. The van der Waals surface area contributed by atoms with Gasteiger partial charge in [-0.2, -0.15) is 0 Å². The molecule has 1 aromatic carbocycles. The highest BCUT2D eigenvalue weighted by Crippen LogP contribution is 2.21. The molecular formula is C22H24N4O2. The van der Waals surface area contributed by atoms with Gasteiger partial charge in [0.1, 0.15) is 5.82 Å². The maximum absolute atomic E-state index is 12.6. The van der Waals surface area contributed by atoms with Gasteiger partial charge in [-0.25, -0.2) is 4.98 Å². The fourth-order valence-corrected chi connectivity index (χ4v) is 3.10. The van der Waals surface area contributed by atoms with E-state index in [1.165, 1.54) is 6.07 Å². The molecule has 0 saturated heterocycles. The predicted molar refractivity (Wildman–Crippen MR) is 109 cm³/mol. The second-order valence-corrected chi connectivity index (χ2v) is 7.21. The maximum atomic E-state index is 12.6. The Morgan fingerprint density at radius 1 is 1.14 bits per heavy atom. The molecule has 0 radical (unpaired) electrons. The Morgan fingerprint density at radius 3 is 2.57 bits per heavy atom. The SMILES string of the molecule is Cc1cccc(CC(=O)N[C@@H](c2cc(=O)[nH]c(-c3ccncc3)n2)C(C)C)c1. The predicted octanol–water partition coefficient (Wildman–Crippen LogP) is 3.20. The maximum Gasteiger partial charge on any atom is 0.251 e. The number of carbonyl (C=O) groups excluding carboxylic acids is 1. The molecule has 1 amide bonds. The van der Waals surface area contributed by atoms with E-state index in [1.807, 2.05) is 45.0 Å². The average Bonchev–Trinajstić information content (AvgIpc) is 2.66. The first-order chi connectivity index (χ1) is 13.4. The summed E-state index contributed by atoms with van der Waals surface area (Å²) in [5, 5.41) is 3.04. The summed E-state index contributed by atoms with van der Waals surface area (Å²) in [6.07, 6.45) is 3.57. The van der Waals surface area contributed by atoms with E-state index in [1.54, 1.807) is 24.5 Å². The molecule has 0 spiro atoms. The summed E-state index contributed by atoms with van der Waals surface area (Å²) >= 11 is 0. The van der Waals surface area contributed by atoms with Crippen LogP contribution in [0.1, 0.15) is 36.7 Å². The van der Waals surface area contributed by atoms with Crippen molar-refractivity contribution < 1.29 is 4.79 Å². The fraction of sp³-hybridized carbons (Fsp3) is 0.273. The van der Waals surface area contributed by atoms with Crippen LogP contribution in [0.15, 0.2) is 59.7 Å². The average molecular weight is 376 g/mol. The van der Waals surface area contributed by atoms with Gasteiger partial charge in [0.25, 0.3) is 5.56 Å². The van der Waals surface area contributed by atoms with Gasteiger partial charge in [-0.1, -0.05) is 43.7 Å². The number of hydrogen-bond donors (Lipinski definition) is 2. The zero-order valence-electron chi connectivity index (χ0n) is 16.3. The lowest BCUT2D eigenvalue weighted by Gasteiger charge is -2.22. The molecule has 2 N–H and O–H groups in total. The smallest absolute Gasteiger partial charge is 0.251 e. The molecular weight excluding hydrogens is 352 g/mol. The van der Waals surface area contributed by atoms with E-state index >= 15 is 0 Å². The Balaban J connectivity index is 1.85. The molecule has 6 heteroatoms. The van der Waals surface area contributed by atoms with Crippen LogP contribution in [0, 0.1) is 12.8 Å². The third-order valence-corrected chi connectivity index (χ3v) is 4.46. The van der Waals surface area contributed by atoms with Crippen LogP contribution < -0.4 is 10.9 Å². The van der Waals surface area contributed by atoms with Gasteiger partial charge in [-0.3, -0.25) is 14.6 Å². The Morgan fingerprint density at radius 2 is 1.89 bits per heavy atom. The number of amides is 1. The normalized spacial score (nSPS) is 12.0. The third kappa shape index (κ3) is 4.91. The highest BCUT2D eigenvalue weighted by Gasteiger charge is 2.21. The van der Waals surface area contributed by atoms with Crippen LogP contribution >= 0.6 is 0 Å². The van der Waals surface area contributed by atoms with Gasteiger partial charge in [0, 0.05) is 24.0 Å². The molecule has 2 aromatic heterocycles. The van der Waals surface area contributed by atoms with E-state index in [-0.39, 0.29) is 29.8 Å². The minimum Gasteiger partial charge on any atom is -0.347 e. The number of nitrogens with one attached hydrogen (secondary N) is 2. The van der Waals surface area contributed by atoms with Crippen molar-refractivity contribution >= 4 is 5.91 Å². The van der Waals surface area contributed by atoms with Gasteiger partial charge in [0.15, 0.2) is 0 Å². The number of rotatable bonds is 6. The topological polar surface area (TPSA) is 87.7 Å². The fourth-order valence-electron chi connectivity index (χ4n) is 3.10. The van der Waals surface area contributed by atoms with Crippen molar-refractivity contribution in [1.82, 2.24) is 20.3 Å². The van der Waals surface area contributed by atoms with Gasteiger partial charge < -0.3 is 10.3 Å². The van der Waals surface area contributed by atoms with Crippen molar-refractivity contribution in [2.24, 2.45) is 5.92 Å². The standard InChI is InChI=1S/C22H24N4O2/c1-14(2)21(25-19(27)12-16-6-4-5-15(3)11-16)18-13-20(28)26-22(24-18)17-7-9-23-10-8-17/h4-11,13-14,21H,12H2,1-3H3,(H,25,27)(H,24,26,28)/t21-/m1/s1. The summed E-state index contributed by atoms with van der Waals surface area (Å²) in [5.41, 5.74) is 3.13. The Bertz CT molecular complexity index is 1010. The van der Waals surface area contributed by atoms with Gasteiger partial charge in [-0.05, 0) is 30.5 Å². The molecule has 0 saturated carbocycles. The van der Waals surface area contributed by atoms with Crippen LogP contribution in [0.3, 0.4) is 0 Å². The number of aromatic amines is 1. The molecule has 6 nitrogen and oxygen atoms in total. The van der Waals surface area contributed by atoms with Gasteiger partial charge in [0.2, 0.25) is 5.91 Å². The zero-order valence-corrected chi connectivity index (χ0v) is 16.3. The highest BCUT2D eigenvalue weighted by molar-refractivity contribution is 5.79. The highest BCUT2D eigenvalue weighted by atomic mass is 16.1. The van der Waals surface area contributed by atoms with Crippen molar-refractivity contribution in [3.63, 3.8) is 0 Å². The first-order valence-electron chi connectivity index (χ1n) is 9.29. The molecule has 0 unspecified atom stereocenters. The van der Waals surface area contributed by atoms with Gasteiger partial charge in [-0.15, -0.1) is 0 Å². The molecule has 0 aliphatic rings. The lowest BCUT2D eigenvalue weighted by molar-refractivity contribution is -0.121. The van der Waals surface area contributed by atoms with Crippen molar-refractivity contribution in [2.45, 2.75) is 33.2 Å². The monoisotopic (exact) mass is 376 g/mol. The Kier molecular flexibility index (Phi) is 5.99. The first-order valence-corrected chi connectivity index (χ1v) is 9.29. The van der Waals surface area contributed by atoms with Crippen LogP contribution in [0.2, 0.25) is 0 Å². The Hall–Kier alpha value is -3.28. The number of nitrogens with zero attached hydrogens (tertiary/aromatic N) is 2. The van der Waals surface area contributed by atoms with Crippen LogP contribution in [-0.4, -0.2) is 20.9 Å². The molecule has 0 fully saturated rings. The molecule has 0 aliphatic carbocycles. The summed E-state index contributed by atoms with van der Waals surface area (Å²) in [7, 11) is 0. The van der Waals surface area contributed by atoms with E-state index in [0.717, 1.165) is 16.7 Å². The minimum absolute atomic E-state index is 0.0704. The second kappa shape index (κ2) is 8.61. The van der Waals surface area contributed by atoms with E-state index in [2.05, 4.69) is 20.3 Å². The third-order valence-electron chi connectivity index (χ3n) is 4.46. The van der Waals surface area contributed by atoms with Crippen molar-refractivity contribution in [3.05, 3.63) is 82.0 Å². The summed E-state index contributed by atoms with van der Waals surface area (Å²) in [6.45, 7) is 5.98. The molecule has 2 heterocycles. The minimum atomic E-state index is -0.361. The number of aryl methyl sites for hydroxylation is 1. The summed E-state index contributed by atoms with van der Waals surface area (Å²) < 4.78 is 0. The van der Waals surface area contributed by atoms with Crippen molar-refractivity contribution in [1.29, 1.82) is 0 Å². The lowest BCUT2D eigenvalue weighted by Crippen LogP contribution is -2.34. The molecule has 1 atom stereocenters. The second-order valence-electron chi connectivity index (χ2n) is 7.21. The molecule has 0 bridgehead atoms. The molecule has 0 aliphatic heterocycles. The van der Waals surface area contributed by atoms with Crippen LogP contribution in [-0.2, 0) is 11.2 Å². The molecule has 3 rings (SSSR count). The largest absolute Gasteiger partial charge is 0.347 e. The Labute approximate surface area is 164 Å². The van der Waals surface area contributed by atoms with Crippen molar-refractivity contribution in [3.8, 4) is 11.4 Å². The summed E-state index contributed by atoms with van der Waals surface area (Å²) in [5.74, 6) is 0.432. The van der Waals surface area contributed by atoms with Crippen molar-refractivity contribution in [2.75, 3.05) is 0 Å². The quantitative estimate of drug-likeness (QED) is 0.692. The van der Waals surface area contributed by atoms with E-state index in [4.69, 9.17) is 0 Å². The number of carbonyl (C=O) groups is 1. The van der Waals surface area contributed by atoms with Crippen LogP contribution in [0.4, 0.5) is 0 Å². The zero-order chi connectivity index (χ0) is 20.1. The van der Waals surface area contributed by atoms with E-state index in [9.17, 15) is 9.59 Å². The summed E-state index contributed by atoms with van der Waals surface area (Å²) in [4.78, 5) is 36.2. The van der Waals surface area contributed by atoms with E-state index < -0.39 is 0 Å². The number of hydrogen-bond acceptors (Lipinski definition) is 4. The molecule has 28 heavy (non-hydrogen) atoms. The number of pyridine rings is 1. The lowest BCUT2D eigenvalue weighted by atomic mass is 9.99. The first kappa shape index (κ1) is 19.5. The van der Waals surface area contributed by atoms with Crippen LogP contribution in [0.5, 0.6) is 0 Å². The van der Waals surface area contributed by atoms with Gasteiger partial charge >= 0.3 is 0 Å². The van der Waals surface area contributed by atoms with Gasteiger partial charge in [0.05, 0.1) is 18.2 Å².